The molecule has 0 saturated carbocycles. The highest BCUT2D eigenvalue weighted by Gasteiger charge is 2.06. The molecule has 0 aliphatic rings. The number of hydrogen-bond donors (Lipinski definition) is 1. The quantitative estimate of drug-likeness (QED) is 0.831. The van der Waals surface area contributed by atoms with Gasteiger partial charge in [0.15, 0.2) is 0 Å². The van der Waals surface area contributed by atoms with Crippen molar-refractivity contribution >= 4 is 15.9 Å². The highest BCUT2D eigenvalue weighted by atomic mass is 79.9. The second kappa shape index (κ2) is 6.82. The Balaban J connectivity index is 2.03. The number of nitrogens with one attached hydrogen (secondary N) is 1. The molecule has 0 amide bonds. The van der Waals surface area contributed by atoms with Gasteiger partial charge in [0.2, 0.25) is 0 Å². The Morgan fingerprint density at radius 1 is 1.32 bits per heavy atom. The fourth-order valence-corrected chi connectivity index (χ4v) is 2.11. The molecule has 0 fully saturated rings. The van der Waals surface area contributed by atoms with Gasteiger partial charge in [0.05, 0.1) is 18.4 Å². The highest BCUT2D eigenvalue weighted by molar-refractivity contribution is 9.10. The Morgan fingerprint density at radius 3 is 2.84 bits per heavy atom. The normalized spacial score (nSPS) is 10.9. The van der Waals surface area contributed by atoms with Crippen LogP contribution in [0.1, 0.15) is 30.3 Å². The molecule has 2 rings (SSSR count). The summed E-state index contributed by atoms with van der Waals surface area (Å²) in [4.78, 5) is 4.38. The van der Waals surface area contributed by atoms with E-state index in [0.717, 1.165) is 29.7 Å². The van der Waals surface area contributed by atoms with Crippen molar-refractivity contribution in [3.63, 3.8) is 0 Å². The van der Waals surface area contributed by atoms with Crippen LogP contribution in [0.3, 0.4) is 0 Å². The number of pyridine rings is 1. The molecular weight excluding hydrogens is 304 g/mol. The first-order valence-corrected chi connectivity index (χ1v) is 7.32. The topological polar surface area (TPSA) is 42.7 Å². The van der Waals surface area contributed by atoms with E-state index in [9.17, 15) is 0 Å². The van der Waals surface area contributed by atoms with Crippen LogP contribution >= 0.6 is 15.9 Å². The maximum atomic E-state index is 4.44. The molecule has 0 aliphatic heterocycles. The lowest BCUT2D eigenvalue weighted by Gasteiger charge is -2.06. The van der Waals surface area contributed by atoms with Gasteiger partial charge in [0.1, 0.15) is 0 Å². The van der Waals surface area contributed by atoms with Crippen molar-refractivity contribution in [2.24, 2.45) is 0 Å². The van der Waals surface area contributed by atoms with Gasteiger partial charge in [-0.15, -0.1) is 0 Å². The van der Waals surface area contributed by atoms with Crippen molar-refractivity contribution in [1.82, 2.24) is 20.1 Å². The van der Waals surface area contributed by atoms with E-state index in [1.54, 1.807) is 0 Å². The van der Waals surface area contributed by atoms with Gasteiger partial charge in [0.25, 0.3) is 0 Å². The third-order valence-corrected chi connectivity index (χ3v) is 3.52. The van der Waals surface area contributed by atoms with E-state index in [-0.39, 0.29) is 0 Å². The minimum atomic E-state index is 0.715. The summed E-state index contributed by atoms with van der Waals surface area (Å²) < 4.78 is 3.00. The van der Waals surface area contributed by atoms with Gasteiger partial charge in [-0.05, 0) is 48.0 Å². The van der Waals surface area contributed by atoms with E-state index < -0.39 is 0 Å². The Hall–Kier alpha value is -1.20. The fourth-order valence-electron chi connectivity index (χ4n) is 1.87. The summed E-state index contributed by atoms with van der Waals surface area (Å²) in [5.74, 6) is 0. The summed E-state index contributed by atoms with van der Waals surface area (Å²) in [6.45, 7) is 6.91. The number of halogens is 1. The van der Waals surface area contributed by atoms with Crippen molar-refractivity contribution in [1.29, 1.82) is 0 Å². The third-order valence-electron chi connectivity index (χ3n) is 3.05. The van der Waals surface area contributed by atoms with Crippen LogP contribution < -0.4 is 5.32 Å². The molecule has 2 heterocycles. The monoisotopic (exact) mass is 322 g/mol. The van der Waals surface area contributed by atoms with Gasteiger partial charge in [-0.25, -0.2) is 0 Å². The van der Waals surface area contributed by atoms with Crippen LogP contribution in [-0.2, 0) is 13.1 Å². The molecule has 0 bridgehead atoms. The molecule has 0 aromatic carbocycles. The largest absolute Gasteiger partial charge is 0.313 e. The molecule has 0 radical (unpaired) electrons. The lowest BCUT2D eigenvalue weighted by Crippen LogP contribution is -2.14. The minimum Gasteiger partial charge on any atom is -0.313 e. The van der Waals surface area contributed by atoms with Gasteiger partial charge < -0.3 is 5.32 Å². The average Bonchev–Trinajstić information content (AvgIpc) is 2.75. The van der Waals surface area contributed by atoms with Gasteiger partial charge in [0, 0.05) is 28.5 Å². The zero-order valence-corrected chi connectivity index (χ0v) is 12.9. The zero-order chi connectivity index (χ0) is 13.7. The van der Waals surface area contributed by atoms with Crippen LogP contribution in [0.2, 0.25) is 0 Å². The van der Waals surface area contributed by atoms with Crippen molar-refractivity contribution < 1.29 is 0 Å². The molecule has 5 heteroatoms. The van der Waals surface area contributed by atoms with Crippen molar-refractivity contribution in [2.75, 3.05) is 6.54 Å². The molecule has 4 nitrogen and oxygen atoms in total. The molecule has 19 heavy (non-hydrogen) atoms. The molecule has 0 unspecified atom stereocenters. The maximum absolute atomic E-state index is 4.44. The SMILES string of the molecule is CCCNCc1cnn(Cc2ccc(Br)cn2)c1C. The Labute approximate surface area is 122 Å². The summed E-state index contributed by atoms with van der Waals surface area (Å²) in [6.07, 6.45) is 4.91. The lowest BCUT2D eigenvalue weighted by molar-refractivity contribution is 0.643. The van der Waals surface area contributed by atoms with Crippen molar-refractivity contribution in [3.8, 4) is 0 Å². The van der Waals surface area contributed by atoms with Gasteiger partial charge >= 0.3 is 0 Å². The maximum Gasteiger partial charge on any atom is 0.0834 e. The lowest BCUT2D eigenvalue weighted by atomic mass is 10.2. The standard InChI is InChI=1S/C14H19BrN4/c1-3-6-16-7-12-8-18-19(11(12)2)10-14-5-4-13(15)9-17-14/h4-5,8-9,16H,3,6-7,10H2,1-2H3. The van der Waals surface area contributed by atoms with Crippen molar-refractivity contribution in [3.05, 3.63) is 46.0 Å². The molecule has 1 N–H and O–H groups in total. The van der Waals surface area contributed by atoms with Crippen LogP contribution in [0.5, 0.6) is 0 Å². The number of nitrogens with zero attached hydrogens (tertiary/aromatic N) is 3. The van der Waals surface area contributed by atoms with E-state index in [1.807, 2.05) is 29.2 Å². The van der Waals surface area contributed by atoms with Crippen LogP contribution in [-0.4, -0.2) is 21.3 Å². The molecule has 0 saturated heterocycles. The molecule has 0 aliphatic carbocycles. The summed E-state index contributed by atoms with van der Waals surface area (Å²) in [7, 11) is 0. The predicted molar refractivity (Wildman–Crippen MR) is 80.0 cm³/mol. The Bertz CT molecular complexity index is 519. The van der Waals surface area contributed by atoms with Crippen LogP contribution in [0.4, 0.5) is 0 Å². The second-order valence-electron chi connectivity index (χ2n) is 4.56. The molecule has 2 aromatic rings. The third kappa shape index (κ3) is 3.88. The minimum absolute atomic E-state index is 0.715. The fraction of sp³-hybridized carbons (Fsp3) is 0.429. The Kier molecular flexibility index (Phi) is 5.10. The van der Waals surface area contributed by atoms with E-state index in [2.05, 4.69) is 45.2 Å². The molecule has 0 atom stereocenters. The van der Waals surface area contributed by atoms with Crippen LogP contribution in [0.15, 0.2) is 29.0 Å². The van der Waals surface area contributed by atoms with E-state index in [4.69, 9.17) is 0 Å². The summed E-state index contributed by atoms with van der Waals surface area (Å²) in [5, 5.41) is 7.84. The summed E-state index contributed by atoms with van der Waals surface area (Å²) >= 11 is 3.39. The second-order valence-corrected chi connectivity index (χ2v) is 5.47. The van der Waals surface area contributed by atoms with Gasteiger partial charge in [-0.3, -0.25) is 9.67 Å². The molecule has 0 spiro atoms. The van der Waals surface area contributed by atoms with E-state index in [1.165, 1.54) is 11.3 Å². The first-order chi connectivity index (χ1) is 9.20. The average molecular weight is 323 g/mol. The van der Waals surface area contributed by atoms with E-state index >= 15 is 0 Å². The number of aromatic nitrogens is 3. The Morgan fingerprint density at radius 2 is 2.16 bits per heavy atom. The van der Waals surface area contributed by atoms with Crippen LogP contribution in [0.25, 0.3) is 0 Å². The summed E-state index contributed by atoms with van der Waals surface area (Å²) in [6, 6.07) is 4.02. The zero-order valence-electron chi connectivity index (χ0n) is 11.4. The molecule has 102 valence electrons. The number of hydrogen-bond acceptors (Lipinski definition) is 3. The predicted octanol–water partition coefficient (Wildman–Crippen LogP) is 2.90. The highest BCUT2D eigenvalue weighted by Crippen LogP contribution is 2.11. The van der Waals surface area contributed by atoms with E-state index in [0.29, 0.717) is 6.54 Å². The van der Waals surface area contributed by atoms with Gasteiger partial charge in [-0.1, -0.05) is 6.92 Å². The van der Waals surface area contributed by atoms with Gasteiger partial charge in [-0.2, -0.15) is 5.10 Å². The number of rotatable bonds is 6. The first-order valence-electron chi connectivity index (χ1n) is 6.53. The van der Waals surface area contributed by atoms with Crippen molar-refractivity contribution in [2.45, 2.75) is 33.4 Å². The smallest absolute Gasteiger partial charge is 0.0834 e. The molecular formula is C14H19BrN4. The van der Waals surface area contributed by atoms with Crippen LogP contribution in [0, 0.1) is 6.92 Å². The first kappa shape index (κ1) is 14.2. The molecule has 2 aromatic heterocycles. The summed E-state index contributed by atoms with van der Waals surface area (Å²) in [5.41, 5.74) is 3.47.